The number of carbonyl (C=O) groups is 2. The van der Waals surface area contributed by atoms with Crippen LogP contribution in [0.25, 0.3) is 50.8 Å². The maximum Gasteiger partial charge on any atom is 0.244 e. The Hall–Kier alpha value is -3.83. The Balaban J connectivity index is 1.18. The Morgan fingerprint density at radius 1 is 0.676 bits per heavy atom. The predicted octanol–water partition coefficient (Wildman–Crippen LogP) is 19.7. The number of benzene rings is 3. The third kappa shape index (κ3) is 9.19. The lowest BCUT2D eigenvalue weighted by molar-refractivity contribution is -0.139. The van der Waals surface area contributed by atoms with Gasteiger partial charge in [-0.1, -0.05) is 160 Å². The zero-order valence-corrected chi connectivity index (χ0v) is 47.8. The van der Waals surface area contributed by atoms with E-state index in [1.165, 1.54) is 126 Å². The standard InChI is InChI=1S/C62H69NO2S6/c1-9-13-15-16-17-24-34-63-59(64)58-62(8,60(63)65)52-55(43(12-4)40-26-20-18-21-27-40)70-56(57(52)71-58)48-36-44-50(47-33-31-42(67-47)35-39(11-3)25-14-10-2)54-45(51(53(44)68-48)46-32-30-38(5)66-46)37-49(69-54)61(6,7)41-28-22-19-23-29-41/h18-23,26-33,36-37,39,43,58H,9-17,24-25,34-35H2,1-8H3/t39?,43?,58-,62?/m1/s1. The summed E-state index contributed by atoms with van der Waals surface area (Å²) in [4.78, 5) is 43.1. The molecule has 5 aromatic heterocycles. The number of aryl methyl sites for hydroxylation is 1. The molecule has 8 aromatic rings. The van der Waals surface area contributed by atoms with E-state index in [0.29, 0.717) is 12.5 Å². The molecule has 7 heterocycles. The first-order chi connectivity index (χ1) is 34.4. The number of rotatable bonds is 21. The average Bonchev–Trinajstić information content (AvgIpc) is 4.27. The molecule has 0 spiro atoms. The summed E-state index contributed by atoms with van der Waals surface area (Å²) in [6, 6.07) is 36.4. The molecule has 4 atom stereocenters. The van der Waals surface area contributed by atoms with Crippen LogP contribution in [0.2, 0.25) is 0 Å². The number of unbranched alkanes of at least 4 members (excludes halogenated alkanes) is 6. The van der Waals surface area contributed by atoms with Crippen LogP contribution in [0.15, 0.2) is 102 Å². The topological polar surface area (TPSA) is 37.4 Å². The van der Waals surface area contributed by atoms with Gasteiger partial charge in [0.1, 0.15) is 5.25 Å². The molecule has 0 N–H and O–H groups in total. The number of thiophene rings is 5. The van der Waals surface area contributed by atoms with Crippen LogP contribution in [0.5, 0.6) is 0 Å². The second-order valence-corrected chi connectivity index (χ2v) is 27.6. The number of carbonyl (C=O) groups excluding carboxylic acids is 2. The van der Waals surface area contributed by atoms with Gasteiger partial charge in [-0.3, -0.25) is 14.5 Å². The Kier molecular flexibility index (Phi) is 15.1. The van der Waals surface area contributed by atoms with Crippen LogP contribution >= 0.6 is 68.4 Å². The molecule has 3 aromatic carbocycles. The van der Waals surface area contributed by atoms with E-state index in [-0.39, 0.29) is 23.1 Å². The van der Waals surface area contributed by atoms with Crippen molar-refractivity contribution in [1.82, 2.24) is 4.90 Å². The molecule has 0 radical (unpaired) electrons. The number of fused-ring (bicyclic) bond motifs is 5. The molecule has 0 bridgehead atoms. The summed E-state index contributed by atoms with van der Waals surface area (Å²) in [6.45, 7) is 18.8. The fourth-order valence-electron chi connectivity index (χ4n) is 11.5. The maximum absolute atomic E-state index is 15.1. The van der Waals surface area contributed by atoms with Gasteiger partial charge >= 0.3 is 0 Å². The van der Waals surface area contributed by atoms with Crippen molar-refractivity contribution in [3.8, 4) is 30.6 Å². The fraction of sp³-hybridized carbons (Fsp3) is 0.419. The molecular weight excluding hydrogens is 983 g/mol. The first kappa shape index (κ1) is 50.7. The maximum atomic E-state index is 15.1. The first-order valence-corrected chi connectivity index (χ1v) is 31.4. The van der Waals surface area contributed by atoms with Crippen LogP contribution in [0.4, 0.5) is 0 Å². The third-order valence-electron chi connectivity index (χ3n) is 15.7. The zero-order chi connectivity index (χ0) is 49.6. The summed E-state index contributed by atoms with van der Waals surface area (Å²) in [5, 5.41) is 2.18. The highest BCUT2D eigenvalue weighted by atomic mass is 32.2. The van der Waals surface area contributed by atoms with E-state index in [1.54, 1.807) is 16.7 Å². The minimum absolute atomic E-state index is 0.00105. The number of likely N-dealkylation sites (tertiary alicyclic amines) is 1. The second kappa shape index (κ2) is 21.2. The minimum Gasteiger partial charge on any atom is -0.281 e. The number of amides is 2. The van der Waals surface area contributed by atoms with Gasteiger partial charge in [0.15, 0.2) is 0 Å². The predicted molar refractivity (Wildman–Crippen MR) is 313 cm³/mol. The van der Waals surface area contributed by atoms with E-state index in [1.807, 2.05) is 56.7 Å². The molecule has 71 heavy (non-hydrogen) atoms. The second-order valence-electron chi connectivity index (χ2n) is 20.9. The van der Waals surface area contributed by atoms with Crippen LogP contribution in [0.3, 0.4) is 0 Å². The lowest BCUT2D eigenvalue weighted by Crippen LogP contribution is -2.38. The summed E-state index contributed by atoms with van der Waals surface area (Å²) in [5.74, 6) is 0.795. The van der Waals surface area contributed by atoms with E-state index in [2.05, 4.69) is 152 Å². The molecule has 0 aliphatic carbocycles. The zero-order valence-electron chi connectivity index (χ0n) is 42.9. The minimum atomic E-state index is -0.918. The van der Waals surface area contributed by atoms with Gasteiger partial charge in [-0.25, -0.2) is 0 Å². The summed E-state index contributed by atoms with van der Waals surface area (Å²) in [5.41, 5.74) is 5.28. The van der Waals surface area contributed by atoms with E-state index >= 15 is 4.79 Å². The van der Waals surface area contributed by atoms with Crippen molar-refractivity contribution < 1.29 is 9.59 Å². The number of hydrogen-bond acceptors (Lipinski definition) is 8. The number of nitrogens with zero attached hydrogens (tertiary/aromatic N) is 1. The lowest BCUT2D eigenvalue weighted by atomic mass is 9.77. The quantitative estimate of drug-likeness (QED) is 0.0532. The van der Waals surface area contributed by atoms with Crippen molar-refractivity contribution in [1.29, 1.82) is 0 Å². The SMILES string of the molecule is CCCCCCCCN1C(=O)[C@H]2Sc3c(-c4cc5c(-c6ccc(CC(CC)CCCC)s6)c6sc(C(C)(C)c7ccccc7)cc6c(-c6ccc(C)s6)c5s4)sc(C(CC)c4ccccc4)c3C2(C)C1=O. The molecule has 1 saturated heterocycles. The highest BCUT2D eigenvalue weighted by Crippen LogP contribution is 2.64. The molecule has 3 nitrogen and oxygen atoms in total. The monoisotopic (exact) mass is 1050 g/mol. The molecule has 10 rings (SSSR count). The third-order valence-corrected chi connectivity index (χ3v) is 23.7. The molecule has 1 fully saturated rings. The molecule has 2 aliphatic heterocycles. The average molecular weight is 1050 g/mol. The molecule has 9 heteroatoms. The first-order valence-electron chi connectivity index (χ1n) is 26.4. The highest BCUT2D eigenvalue weighted by Gasteiger charge is 2.64. The normalized spacial score (nSPS) is 17.8. The number of thioether (sulfide) groups is 1. The largest absolute Gasteiger partial charge is 0.281 e. The van der Waals surface area contributed by atoms with Crippen molar-refractivity contribution in [2.24, 2.45) is 5.92 Å². The molecule has 2 aliphatic rings. The van der Waals surface area contributed by atoms with Gasteiger partial charge in [0, 0.05) is 88.2 Å². The van der Waals surface area contributed by atoms with Crippen molar-refractivity contribution in [2.45, 2.75) is 159 Å². The summed E-state index contributed by atoms with van der Waals surface area (Å²) < 4.78 is 2.68. The van der Waals surface area contributed by atoms with E-state index in [4.69, 9.17) is 0 Å². The van der Waals surface area contributed by atoms with Crippen LogP contribution in [0.1, 0.15) is 161 Å². The van der Waals surface area contributed by atoms with E-state index < -0.39 is 10.7 Å². The molecule has 2 amide bonds. The van der Waals surface area contributed by atoms with Gasteiger partial charge in [-0.2, -0.15) is 0 Å². The smallest absolute Gasteiger partial charge is 0.244 e. The molecule has 3 unspecified atom stereocenters. The highest BCUT2D eigenvalue weighted by molar-refractivity contribution is 8.01. The lowest BCUT2D eigenvalue weighted by Gasteiger charge is -2.25. The van der Waals surface area contributed by atoms with Crippen molar-refractivity contribution in [2.75, 3.05) is 6.54 Å². The van der Waals surface area contributed by atoms with Crippen molar-refractivity contribution in [3.05, 3.63) is 133 Å². The van der Waals surface area contributed by atoms with E-state index in [0.717, 1.165) is 42.6 Å². The Morgan fingerprint density at radius 3 is 2.03 bits per heavy atom. The van der Waals surface area contributed by atoms with Gasteiger partial charge in [0.2, 0.25) is 11.8 Å². The Bertz CT molecular complexity index is 3180. The van der Waals surface area contributed by atoms with Crippen LogP contribution in [0, 0.1) is 12.8 Å². The molecular formula is C62H69NO2S6. The van der Waals surface area contributed by atoms with Crippen LogP contribution < -0.4 is 0 Å². The van der Waals surface area contributed by atoms with Gasteiger partial charge in [0.05, 0.1) is 10.3 Å². The molecule has 0 saturated carbocycles. The van der Waals surface area contributed by atoms with Gasteiger partial charge in [-0.15, -0.1) is 68.4 Å². The van der Waals surface area contributed by atoms with Gasteiger partial charge in [0.25, 0.3) is 0 Å². The summed E-state index contributed by atoms with van der Waals surface area (Å²) in [7, 11) is 0. The van der Waals surface area contributed by atoms with E-state index in [9.17, 15) is 4.79 Å². The van der Waals surface area contributed by atoms with Gasteiger partial charge < -0.3 is 0 Å². The summed E-state index contributed by atoms with van der Waals surface area (Å²) in [6.07, 6.45) is 13.8. The molecule has 370 valence electrons. The fourth-order valence-corrected chi connectivity index (χ4v) is 19.9. The number of hydrogen-bond donors (Lipinski definition) is 0. The van der Waals surface area contributed by atoms with Crippen molar-refractivity contribution in [3.63, 3.8) is 0 Å². The Labute approximate surface area is 447 Å². The Morgan fingerprint density at radius 2 is 1.34 bits per heavy atom. The van der Waals surface area contributed by atoms with Gasteiger partial charge in [-0.05, 0) is 92.1 Å². The van der Waals surface area contributed by atoms with Crippen LogP contribution in [-0.4, -0.2) is 28.5 Å². The van der Waals surface area contributed by atoms with Crippen molar-refractivity contribution >= 4 is 100 Å². The van der Waals surface area contributed by atoms with Crippen LogP contribution in [-0.2, 0) is 26.8 Å². The summed E-state index contributed by atoms with van der Waals surface area (Å²) >= 11 is 11.4. The number of imide groups is 1.